The number of hydrogen-bond donors (Lipinski definition) is 2. The highest BCUT2D eigenvalue weighted by Gasteiger charge is 2.15. The Morgan fingerprint density at radius 3 is 2.54 bits per heavy atom. The number of nitrogens with zero attached hydrogens (tertiary/aromatic N) is 7. The first-order valence-corrected chi connectivity index (χ1v) is 12.3. The van der Waals surface area contributed by atoms with Crippen LogP contribution in [0, 0.1) is 17.1 Å². The van der Waals surface area contributed by atoms with E-state index in [1.54, 1.807) is 24.4 Å². The van der Waals surface area contributed by atoms with E-state index in [1.807, 2.05) is 36.4 Å². The van der Waals surface area contributed by atoms with Gasteiger partial charge in [0.05, 0.1) is 24.5 Å². The van der Waals surface area contributed by atoms with Crippen molar-refractivity contribution < 1.29 is 9.13 Å². The molecular formula is C28H22FN9O. The normalized spacial score (nSPS) is 13.2. The van der Waals surface area contributed by atoms with Gasteiger partial charge in [0.15, 0.2) is 11.6 Å². The summed E-state index contributed by atoms with van der Waals surface area (Å²) in [6, 6.07) is 19.7. The lowest BCUT2D eigenvalue weighted by molar-refractivity contribution is 0.122. The Balaban J connectivity index is 1.17. The van der Waals surface area contributed by atoms with Gasteiger partial charge in [0.2, 0.25) is 5.95 Å². The lowest BCUT2D eigenvalue weighted by Crippen LogP contribution is -2.36. The molecule has 39 heavy (non-hydrogen) atoms. The molecule has 0 amide bonds. The maximum Gasteiger partial charge on any atom is 0.227 e. The van der Waals surface area contributed by atoms with Gasteiger partial charge in [0.25, 0.3) is 0 Å². The Hall–Kier alpha value is -5.21. The van der Waals surface area contributed by atoms with Gasteiger partial charge in [-0.3, -0.25) is 10.1 Å². The van der Waals surface area contributed by atoms with Crippen LogP contribution in [-0.4, -0.2) is 56.4 Å². The molecule has 0 radical (unpaired) electrons. The van der Waals surface area contributed by atoms with Crippen molar-refractivity contribution in [1.82, 2.24) is 30.1 Å². The van der Waals surface area contributed by atoms with E-state index in [2.05, 4.69) is 40.3 Å². The molecule has 0 spiro atoms. The fourth-order valence-electron chi connectivity index (χ4n) is 4.24. The molecule has 5 aromatic rings. The molecule has 0 atom stereocenters. The highest BCUT2D eigenvalue weighted by atomic mass is 19.1. The van der Waals surface area contributed by atoms with Gasteiger partial charge in [-0.25, -0.2) is 19.3 Å². The summed E-state index contributed by atoms with van der Waals surface area (Å²) < 4.78 is 19.9. The highest BCUT2D eigenvalue weighted by molar-refractivity contribution is 5.68. The first-order valence-electron chi connectivity index (χ1n) is 12.3. The number of aromatic nitrogens is 6. The average Bonchev–Trinajstić information content (AvgIpc) is 3.48. The van der Waals surface area contributed by atoms with Crippen molar-refractivity contribution in [2.75, 3.05) is 36.5 Å². The minimum absolute atomic E-state index is 0.317. The Kier molecular flexibility index (Phi) is 6.59. The maximum absolute atomic E-state index is 14.5. The van der Waals surface area contributed by atoms with Crippen LogP contribution in [0.5, 0.6) is 0 Å². The smallest absolute Gasteiger partial charge is 0.227 e. The van der Waals surface area contributed by atoms with Gasteiger partial charge < -0.3 is 15.0 Å². The van der Waals surface area contributed by atoms with Crippen LogP contribution in [0.1, 0.15) is 5.56 Å². The monoisotopic (exact) mass is 519 g/mol. The van der Waals surface area contributed by atoms with Gasteiger partial charge in [-0.05, 0) is 60.7 Å². The van der Waals surface area contributed by atoms with Gasteiger partial charge in [-0.1, -0.05) is 0 Å². The number of morpholine rings is 1. The number of hydrogen-bond acceptors (Lipinski definition) is 9. The van der Waals surface area contributed by atoms with Crippen molar-refractivity contribution in [2.45, 2.75) is 0 Å². The van der Waals surface area contributed by atoms with Crippen LogP contribution in [0.4, 0.5) is 21.7 Å². The van der Waals surface area contributed by atoms with Gasteiger partial charge in [0.1, 0.15) is 17.6 Å². The molecule has 0 saturated carbocycles. The molecule has 3 aromatic heterocycles. The van der Waals surface area contributed by atoms with E-state index in [0.717, 1.165) is 30.0 Å². The quantitative estimate of drug-likeness (QED) is 0.331. The molecule has 0 aliphatic carbocycles. The van der Waals surface area contributed by atoms with E-state index in [1.165, 1.54) is 18.3 Å². The molecule has 2 N–H and O–H groups in total. The molecule has 1 aliphatic heterocycles. The molecular weight excluding hydrogens is 497 g/mol. The van der Waals surface area contributed by atoms with Crippen LogP contribution in [-0.2, 0) is 4.74 Å². The number of benzene rings is 2. The van der Waals surface area contributed by atoms with Gasteiger partial charge in [-0.15, -0.1) is 0 Å². The van der Waals surface area contributed by atoms with Crippen LogP contribution in [0.25, 0.3) is 34.2 Å². The minimum Gasteiger partial charge on any atom is -0.378 e. The van der Waals surface area contributed by atoms with Gasteiger partial charge in [-0.2, -0.15) is 10.4 Å². The van der Waals surface area contributed by atoms with Crippen LogP contribution in [0.3, 0.4) is 0 Å². The fourth-order valence-corrected chi connectivity index (χ4v) is 4.24. The van der Waals surface area contributed by atoms with Crippen molar-refractivity contribution in [3.63, 3.8) is 0 Å². The molecule has 1 saturated heterocycles. The summed E-state index contributed by atoms with van der Waals surface area (Å²) in [5, 5.41) is 19.3. The number of nitrogens with one attached hydrogen (secondary N) is 2. The van der Waals surface area contributed by atoms with Crippen molar-refractivity contribution in [3.05, 3.63) is 84.4 Å². The summed E-state index contributed by atoms with van der Waals surface area (Å²) in [6.07, 6.45) is 3.14. The second kappa shape index (κ2) is 10.6. The molecule has 10 nitrogen and oxygen atoms in total. The van der Waals surface area contributed by atoms with E-state index in [9.17, 15) is 4.39 Å². The van der Waals surface area contributed by atoms with Gasteiger partial charge in [0, 0.05) is 48.0 Å². The summed E-state index contributed by atoms with van der Waals surface area (Å²) in [5.41, 5.74) is 4.75. The Morgan fingerprint density at radius 1 is 0.923 bits per heavy atom. The molecule has 0 bridgehead atoms. The van der Waals surface area contributed by atoms with E-state index >= 15 is 0 Å². The Morgan fingerprint density at radius 2 is 1.77 bits per heavy atom. The third-order valence-corrected chi connectivity index (χ3v) is 6.23. The lowest BCUT2D eigenvalue weighted by atomic mass is 10.1. The fraction of sp³-hybridized carbons (Fsp3) is 0.143. The average molecular weight is 520 g/mol. The number of aromatic amines is 1. The minimum atomic E-state index is -0.317. The summed E-state index contributed by atoms with van der Waals surface area (Å²) in [7, 11) is 0. The first kappa shape index (κ1) is 24.1. The summed E-state index contributed by atoms with van der Waals surface area (Å²) in [4.78, 5) is 19.8. The first-order chi connectivity index (χ1) is 19.1. The second-order valence-electron chi connectivity index (χ2n) is 8.82. The molecule has 1 aliphatic rings. The number of halogens is 1. The standard InChI is InChI=1S/C28H22FN9O/c29-21-13-20(14-23(15-21)38-9-11-39-12-10-38)24-7-8-31-28(34-24)33-22-4-2-19(3-5-22)26-35-27(37-36-26)25-6-1-18(16-30)17-32-25/h1-8,13-15,17H,9-12H2,(H,31,33,34)(H,35,36,37). The second-order valence-corrected chi connectivity index (χ2v) is 8.82. The summed E-state index contributed by atoms with van der Waals surface area (Å²) in [5.74, 6) is 1.10. The molecule has 2 aromatic carbocycles. The maximum atomic E-state index is 14.5. The van der Waals surface area contributed by atoms with Crippen LogP contribution in [0.15, 0.2) is 73.1 Å². The van der Waals surface area contributed by atoms with E-state index in [-0.39, 0.29) is 5.82 Å². The molecule has 6 rings (SSSR count). The highest BCUT2D eigenvalue weighted by Crippen LogP contribution is 2.27. The predicted octanol–water partition coefficient (Wildman–Crippen LogP) is 4.58. The van der Waals surface area contributed by atoms with E-state index in [4.69, 9.17) is 10.00 Å². The number of pyridine rings is 1. The van der Waals surface area contributed by atoms with Crippen LogP contribution in [0.2, 0.25) is 0 Å². The third-order valence-electron chi connectivity index (χ3n) is 6.23. The summed E-state index contributed by atoms with van der Waals surface area (Å²) in [6.45, 7) is 2.68. The van der Waals surface area contributed by atoms with E-state index in [0.29, 0.717) is 53.3 Å². The topological polar surface area (TPSA) is 129 Å². The molecule has 0 unspecified atom stereocenters. The predicted molar refractivity (Wildman–Crippen MR) is 144 cm³/mol. The molecule has 1 fully saturated rings. The molecule has 192 valence electrons. The third kappa shape index (κ3) is 5.41. The number of rotatable bonds is 6. The zero-order valence-electron chi connectivity index (χ0n) is 20.7. The van der Waals surface area contributed by atoms with Crippen LogP contribution >= 0.6 is 0 Å². The zero-order chi connectivity index (χ0) is 26.6. The van der Waals surface area contributed by atoms with E-state index < -0.39 is 0 Å². The largest absolute Gasteiger partial charge is 0.378 e. The van der Waals surface area contributed by atoms with Crippen molar-refractivity contribution in [2.24, 2.45) is 0 Å². The SMILES string of the molecule is N#Cc1ccc(-c2nc(-c3ccc(Nc4nccc(-c5cc(F)cc(N6CCOCC6)c5)n4)cc3)n[nH]2)nc1. The van der Waals surface area contributed by atoms with Crippen LogP contribution < -0.4 is 10.2 Å². The number of ether oxygens (including phenoxy) is 1. The van der Waals surface area contributed by atoms with Crippen molar-refractivity contribution in [1.29, 1.82) is 5.26 Å². The Bertz CT molecular complexity index is 1640. The van der Waals surface area contributed by atoms with Gasteiger partial charge >= 0.3 is 0 Å². The molecule has 4 heterocycles. The van der Waals surface area contributed by atoms with Crippen molar-refractivity contribution in [3.8, 4) is 40.2 Å². The summed E-state index contributed by atoms with van der Waals surface area (Å²) >= 11 is 0. The zero-order valence-corrected chi connectivity index (χ0v) is 20.7. The van der Waals surface area contributed by atoms with Crippen molar-refractivity contribution >= 4 is 17.3 Å². The number of nitriles is 1. The number of H-pyrrole nitrogens is 1. The number of anilines is 3. The Labute approximate surface area is 223 Å². The lowest BCUT2D eigenvalue weighted by Gasteiger charge is -2.29. The molecule has 11 heteroatoms.